The maximum absolute atomic E-state index is 2.35. The van der Waals surface area contributed by atoms with Gasteiger partial charge in [0.2, 0.25) is 0 Å². The average molecular weight is 368 g/mol. The van der Waals surface area contributed by atoms with Crippen LogP contribution in [0, 0.1) is 3.57 Å². The van der Waals surface area contributed by atoms with E-state index in [0.29, 0.717) is 0 Å². The quantitative estimate of drug-likeness (QED) is 0.388. The molecule has 96 valence electrons. The number of benzene rings is 3. The summed E-state index contributed by atoms with van der Waals surface area (Å²) < 4.78 is 1.28. The van der Waals surface area contributed by atoms with E-state index in [9.17, 15) is 0 Å². The summed E-state index contributed by atoms with van der Waals surface area (Å²) in [4.78, 5) is 0. The van der Waals surface area contributed by atoms with Crippen molar-refractivity contribution >= 4 is 22.6 Å². The Morgan fingerprint density at radius 1 is 0.650 bits per heavy atom. The minimum absolute atomic E-state index is 1.05. The molecule has 0 nitrogen and oxygen atoms in total. The lowest BCUT2D eigenvalue weighted by atomic mass is 9.96. The summed E-state index contributed by atoms with van der Waals surface area (Å²) in [6.45, 7) is 0. The Kier molecular flexibility index (Phi) is 2.88. The highest BCUT2D eigenvalue weighted by atomic mass is 127. The molecule has 0 spiro atoms. The predicted octanol–water partition coefficient (Wildman–Crippen LogP) is 5.53. The van der Waals surface area contributed by atoms with Crippen molar-refractivity contribution in [3.63, 3.8) is 0 Å². The van der Waals surface area contributed by atoms with Crippen molar-refractivity contribution in [2.24, 2.45) is 0 Å². The van der Waals surface area contributed by atoms with Crippen molar-refractivity contribution in [2.45, 2.75) is 6.42 Å². The van der Waals surface area contributed by atoms with Gasteiger partial charge in [-0.3, -0.25) is 0 Å². The molecule has 0 heterocycles. The minimum atomic E-state index is 1.05. The van der Waals surface area contributed by atoms with Gasteiger partial charge in [-0.05, 0) is 74.5 Å². The first-order valence-electron chi connectivity index (χ1n) is 6.79. The third kappa shape index (κ3) is 1.88. The van der Waals surface area contributed by atoms with E-state index in [2.05, 4.69) is 89.3 Å². The fourth-order valence-corrected chi connectivity index (χ4v) is 3.42. The van der Waals surface area contributed by atoms with Crippen LogP contribution in [-0.4, -0.2) is 0 Å². The van der Waals surface area contributed by atoms with E-state index in [-0.39, 0.29) is 0 Å². The minimum Gasteiger partial charge on any atom is -0.0619 e. The third-order valence-electron chi connectivity index (χ3n) is 4.01. The highest BCUT2D eigenvalue weighted by molar-refractivity contribution is 14.1. The fraction of sp³-hybridized carbons (Fsp3) is 0.0526. The molecule has 1 aliphatic carbocycles. The molecule has 1 heteroatoms. The van der Waals surface area contributed by atoms with Crippen molar-refractivity contribution < 1.29 is 0 Å². The number of fused-ring (bicyclic) bond motifs is 3. The van der Waals surface area contributed by atoms with Crippen LogP contribution >= 0.6 is 22.6 Å². The number of rotatable bonds is 1. The van der Waals surface area contributed by atoms with E-state index in [0.717, 1.165) is 6.42 Å². The molecular formula is C19H13I. The summed E-state index contributed by atoms with van der Waals surface area (Å²) in [5.74, 6) is 0. The molecular weight excluding hydrogens is 355 g/mol. The number of hydrogen-bond donors (Lipinski definition) is 0. The molecule has 0 bridgehead atoms. The molecule has 0 fully saturated rings. The van der Waals surface area contributed by atoms with Crippen molar-refractivity contribution in [1.29, 1.82) is 0 Å². The van der Waals surface area contributed by atoms with E-state index in [1.54, 1.807) is 0 Å². The molecule has 1 aliphatic rings. The van der Waals surface area contributed by atoms with Crippen LogP contribution in [0.15, 0.2) is 66.7 Å². The summed E-state index contributed by atoms with van der Waals surface area (Å²) >= 11 is 2.35. The van der Waals surface area contributed by atoms with Gasteiger partial charge in [0.25, 0.3) is 0 Å². The smallest absolute Gasteiger partial charge is 0.0130 e. The van der Waals surface area contributed by atoms with Gasteiger partial charge in [0.1, 0.15) is 0 Å². The van der Waals surface area contributed by atoms with Gasteiger partial charge in [-0.2, -0.15) is 0 Å². The second kappa shape index (κ2) is 4.74. The largest absolute Gasteiger partial charge is 0.0619 e. The Hall–Kier alpha value is -1.61. The Morgan fingerprint density at radius 2 is 1.35 bits per heavy atom. The van der Waals surface area contributed by atoms with Gasteiger partial charge in [-0.25, -0.2) is 0 Å². The topological polar surface area (TPSA) is 0 Å². The zero-order valence-electron chi connectivity index (χ0n) is 10.9. The lowest BCUT2D eigenvalue weighted by Crippen LogP contribution is -1.87. The summed E-state index contributed by atoms with van der Waals surface area (Å²) in [7, 11) is 0. The van der Waals surface area contributed by atoms with E-state index in [4.69, 9.17) is 0 Å². The first kappa shape index (κ1) is 12.2. The first-order valence-corrected chi connectivity index (χ1v) is 7.87. The average Bonchev–Trinajstić information content (AvgIpc) is 2.87. The van der Waals surface area contributed by atoms with Gasteiger partial charge in [-0.1, -0.05) is 54.6 Å². The standard InChI is InChI=1S/C19H13I/c20-15-10-8-13(9-11-15)16-6-3-7-18-17-5-2-1-4-14(17)12-19(16)18/h1-11H,12H2. The molecule has 20 heavy (non-hydrogen) atoms. The molecule has 0 saturated heterocycles. The van der Waals surface area contributed by atoms with Crippen LogP contribution < -0.4 is 0 Å². The molecule has 0 N–H and O–H groups in total. The number of hydrogen-bond acceptors (Lipinski definition) is 0. The Balaban J connectivity index is 1.91. The summed E-state index contributed by atoms with van der Waals surface area (Å²) in [6, 6.07) is 24.2. The van der Waals surface area contributed by atoms with Gasteiger partial charge in [0.15, 0.2) is 0 Å². The van der Waals surface area contributed by atoms with Gasteiger partial charge >= 0.3 is 0 Å². The highest BCUT2D eigenvalue weighted by Gasteiger charge is 2.20. The molecule has 0 unspecified atom stereocenters. The van der Waals surface area contributed by atoms with Crippen LogP contribution in [0.3, 0.4) is 0 Å². The van der Waals surface area contributed by atoms with Crippen LogP contribution in [-0.2, 0) is 6.42 Å². The van der Waals surface area contributed by atoms with Crippen molar-refractivity contribution in [3.8, 4) is 22.3 Å². The molecule has 3 aromatic rings. The maximum atomic E-state index is 2.35. The van der Waals surface area contributed by atoms with Crippen LogP contribution in [0.4, 0.5) is 0 Å². The van der Waals surface area contributed by atoms with Gasteiger partial charge in [0.05, 0.1) is 0 Å². The SMILES string of the molecule is Ic1ccc(-c2cccc3c2Cc2ccccc2-3)cc1. The molecule has 0 aliphatic heterocycles. The summed E-state index contributed by atoms with van der Waals surface area (Å²) in [6.07, 6.45) is 1.05. The van der Waals surface area contributed by atoms with E-state index < -0.39 is 0 Å². The zero-order valence-corrected chi connectivity index (χ0v) is 13.1. The Bertz CT molecular complexity index is 785. The molecule has 0 aromatic heterocycles. The van der Waals surface area contributed by atoms with Gasteiger partial charge < -0.3 is 0 Å². The molecule has 3 aromatic carbocycles. The Labute approximate surface area is 132 Å². The Morgan fingerprint density at radius 3 is 2.20 bits per heavy atom. The van der Waals surface area contributed by atoms with E-state index in [1.165, 1.54) is 37.0 Å². The maximum Gasteiger partial charge on any atom is 0.0130 e. The zero-order chi connectivity index (χ0) is 13.5. The van der Waals surface area contributed by atoms with E-state index >= 15 is 0 Å². The molecule has 0 saturated carbocycles. The van der Waals surface area contributed by atoms with Crippen molar-refractivity contribution in [2.75, 3.05) is 0 Å². The fourth-order valence-electron chi connectivity index (χ4n) is 3.06. The normalized spacial score (nSPS) is 12.1. The van der Waals surface area contributed by atoms with Crippen LogP contribution in [0.25, 0.3) is 22.3 Å². The van der Waals surface area contributed by atoms with Crippen LogP contribution in [0.2, 0.25) is 0 Å². The lowest BCUT2D eigenvalue weighted by molar-refractivity contribution is 1.26. The van der Waals surface area contributed by atoms with E-state index in [1.807, 2.05) is 0 Å². The van der Waals surface area contributed by atoms with Crippen molar-refractivity contribution in [1.82, 2.24) is 0 Å². The second-order valence-electron chi connectivity index (χ2n) is 5.17. The monoisotopic (exact) mass is 368 g/mol. The highest BCUT2D eigenvalue weighted by Crippen LogP contribution is 2.41. The molecule has 4 rings (SSSR count). The molecule has 0 radical (unpaired) electrons. The lowest BCUT2D eigenvalue weighted by Gasteiger charge is -2.09. The second-order valence-corrected chi connectivity index (χ2v) is 6.42. The van der Waals surface area contributed by atoms with Crippen LogP contribution in [0.5, 0.6) is 0 Å². The van der Waals surface area contributed by atoms with Crippen LogP contribution in [0.1, 0.15) is 11.1 Å². The first-order chi connectivity index (χ1) is 9.83. The van der Waals surface area contributed by atoms with Crippen molar-refractivity contribution in [3.05, 3.63) is 81.4 Å². The summed E-state index contributed by atoms with van der Waals surface area (Å²) in [5.41, 5.74) is 8.40. The van der Waals surface area contributed by atoms with Gasteiger partial charge in [0, 0.05) is 3.57 Å². The molecule has 0 amide bonds. The summed E-state index contributed by atoms with van der Waals surface area (Å²) in [5, 5.41) is 0. The molecule has 0 atom stereocenters. The predicted molar refractivity (Wildman–Crippen MR) is 92.8 cm³/mol. The number of halogens is 1. The van der Waals surface area contributed by atoms with Gasteiger partial charge in [-0.15, -0.1) is 0 Å². The third-order valence-corrected chi connectivity index (χ3v) is 4.73.